The van der Waals surface area contributed by atoms with Crippen molar-refractivity contribution in [2.24, 2.45) is 0 Å². The molecule has 1 saturated heterocycles. The third kappa shape index (κ3) is 5.03. The first-order chi connectivity index (χ1) is 16.1. The molecule has 0 spiro atoms. The third-order valence-electron chi connectivity index (χ3n) is 5.85. The second-order valence-corrected chi connectivity index (χ2v) is 10.9. The normalized spacial score (nSPS) is 19.7. The molecule has 1 heterocycles. The van der Waals surface area contributed by atoms with E-state index in [9.17, 15) is 28.2 Å². The fourth-order valence-electron chi connectivity index (χ4n) is 4.09. The highest BCUT2D eigenvalue weighted by atomic mass is 32.2. The quantitative estimate of drug-likeness (QED) is 0.370. The van der Waals surface area contributed by atoms with Gasteiger partial charge in [-0.15, -0.1) is 0 Å². The molecule has 0 aliphatic carbocycles. The number of nitrogens with one attached hydrogen (secondary N) is 1. The molecule has 3 aromatic carbocycles. The number of sulfonamides is 1. The zero-order valence-electron chi connectivity index (χ0n) is 18.0. The molecule has 4 rings (SSSR count). The fraction of sp³-hybridized carbons (Fsp3) is 0.250. The number of benzene rings is 3. The second-order valence-electron chi connectivity index (χ2n) is 8.26. The highest BCUT2D eigenvalue weighted by Crippen LogP contribution is 2.30. The van der Waals surface area contributed by atoms with Gasteiger partial charge in [-0.1, -0.05) is 42.5 Å². The first-order valence-corrected chi connectivity index (χ1v) is 12.6. The summed E-state index contributed by atoms with van der Waals surface area (Å²) in [5.41, 5.74) is 0.602. The van der Waals surface area contributed by atoms with Gasteiger partial charge in [0.1, 0.15) is 17.8 Å². The molecule has 1 fully saturated rings. The lowest BCUT2D eigenvalue weighted by Gasteiger charge is -2.25. The molecule has 0 radical (unpaired) electrons. The molecular weight excluding hydrogens is 476 g/mol. The Morgan fingerprint density at radius 3 is 2.41 bits per heavy atom. The van der Waals surface area contributed by atoms with E-state index in [0.29, 0.717) is 5.56 Å². The van der Waals surface area contributed by atoms with Crippen LogP contribution >= 0.6 is 12.6 Å². The largest absolute Gasteiger partial charge is 0.508 e. The van der Waals surface area contributed by atoms with Crippen LogP contribution in [-0.2, 0) is 26.0 Å². The highest BCUT2D eigenvalue weighted by Gasteiger charge is 2.43. The van der Waals surface area contributed by atoms with Gasteiger partial charge in [0.25, 0.3) is 0 Å². The van der Waals surface area contributed by atoms with E-state index in [1.54, 1.807) is 24.3 Å². The van der Waals surface area contributed by atoms with Gasteiger partial charge in [-0.3, -0.25) is 4.79 Å². The zero-order valence-corrected chi connectivity index (χ0v) is 19.7. The van der Waals surface area contributed by atoms with Crippen molar-refractivity contribution in [2.75, 3.05) is 6.54 Å². The van der Waals surface area contributed by atoms with Gasteiger partial charge < -0.3 is 15.5 Å². The van der Waals surface area contributed by atoms with Gasteiger partial charge in [-0.25, -0.2) is 13.2 Å². The average Bonchev–Trinajstić information content (AvgIpc) is 3.22. The van der Waals surface area contributed by atoms with E-state index in [4.69, 9.17) is 0 Å². The molecule has 1 aliphatic heterocycles. The van der Waals surface area contributed by atoms with Crippen LogP contribution in [0.15, 0.2) is 71.6 Å². The van der Waals surface area contributed by atoms with E-state index in [-0.39, 0.29) is 35.3 Å². The van der Waals surface area contributed by atoms with Crippen molar-refractivity contribution in [1.82, 2.24) is 9.62 Å². The number of aromatic hydroxyl groups is 1. The number of hydrogen-bond donors (Lipinski definition) is 4. The van der Waals surface area contributed by atoms with E-state index >= 15 is 0 Å². The van der Waals surface area contributed by atoms with Crippen LogP contribution in [0.3, 0.4) is 0 Å². The molecule has 0 saturated carbocycles. The Morgan fingerprint density at radius 2 is 1.74 bits per heavy atom. The molecule has 10 heteroatoms. The number of amides is 1. The van der Waals surface area contributed by atoms with Gasteiger partial charge >= 0.3 is 5.97 Å². The maximum Gasteiger partial charge on any atom is 0.326 e. The Bertz CT molecular complexity index is 1330. The van der Waals surface area contributed by atoms with E-state index in [1.165, 1.54) is 18.2 Å². The van der Waals surface area contributed by atoms with Crippen molar-refractivity contribution in [2.45, 2.75) is 35.1 Å². The first kappa shape index (κ1) is 24.1. The molecule has 3 aromatic rings. The van der Waals surface area contributed by atoms with Crippen LogP contribution in [0.2, 0.25) is 0 Å². The molecule has 34 heavy (non-hydrogen) atoms. The van der Waals surface area contributed by atoms with Crippen LogP contribution in [0.1, 0.15) is 12.0 Å². The molecule has 0 unspecified atom stereocenters. The summed E-state index contributed by atoms with van der Waals surface area (Å²) in [6.45, 7) is 0.0338. The molecule has 0 aromatic heterocycles. The molecule has 1 aliphatic rings. The fourth-order valence-corrected chi connectivity index (χ4v) is 6.25. The lowest BCUT2D eigenvalue weighted by Crippen LogP contribution is -2.51. The van der Waals surface area contributed by atoms with Crippen LogP contribution in [0.4, 0.5) is 0 Å². The number of nitrogens with zero attached hydrogens (tertiary/aromatic N) is 1. The number of carbonyl (C=O) groups is 2. The minimum atomic E-state index is -4.03. The summed E-state index contributed by atoms with van der Waals surface area (Å²) in [5.74, 6) is -1.89. The number of carboxylic acids is 1. The molecule has 3 N–H and O–H groups in total. The Balaban J connectivity index is 1.57. The molecule has 3 atom stereocenters. The maximum absolute atomic E-state index is 13.5. The minimum absolute atomic E-state index is 0.0181. The van der Waals surface area contributed by atoms with Crippen LogP contribution in [0.5, 0.6) is 5.75 Å². The second kappa shape index (κ2) is 9.65. The van der Waals surface area contributed by atoms with E-state index < -0.39 is 34.0 Å². The molecular formula is C24H24N2O6S2. The Kier molecular flexibility index (Phi) is 6.83. The highest BCUT2D eigenvalue weighted by molar-refractivity contribution is 7.89. The predicted octanol–water partition coefficient (Wildman–Crippen LogP) is 2.42. The number of thiol groups is 1. The minimum Gasteiger partial charge on any atom is -0.508 e. The lowest BCUT2D eigenvalue weighted by molar-refractivity contribution is -0.142. The van der Waals surface area contributed by atoms with Crippen molar-refractivity contribution in [3.05, 3.63) is 72.3 Å². The van der Waals surface area contributed by atoms with Crippen molar-refractivity contribution >= 4 is 45.3 Å². The summed E-state index contributed by atoms with van der Waals surface area (Å²) in [6, 6.07) is 15.8. The molecule has 178 valence electrons. The van der Waals surface area contributed by atoms with Gasteiger partial charge in [0.05, 0.1) is 4.90 Å². The maximum atomic E-state index is 13.5. The summed E-state index contributed by atoms with van der Waals surface area (Å²) in [7, 11) is -4.03. The third-order valence-corrected chi connectivity index (χ3v) is 8.10. The number of hydrogen-bond acceptors (Lipinski definition) is 6. The van der Waals surface area contributed by atoms with E-state index in [2.05, 4.69) is 17.9 Å². The number of carboxylic acid groups (broad SMARTS) is 1. The van der Waals surface area contributed by atoms with Crippen molar-refractivity contribution < 1.29 is 28.2 Å². The molecule has 0 bridgehead atoms. The van der Waals surface area contributed by atoms with Crippen LogP contribution in [-0.4, -0.2) is 58.7 Å². The summed E-state index contributed by atoms with van der Waals surface area (Å²) < 4.78 is 28.0. The van der Waals surface area contributed by atoms with E-state index in [1.807, 2.05) is 24.3 Å². The van der Waals surface area contributed by atoms with Crippen LogP contribution in [0.25, 0.3) is 10.8 Å². The van der Waals surface area contributed by atoms with Gasteiger partial charge in [-0.2, -0.15) is 16.9 Å². The van der Waals surface area contributed by atoms with Gasteiger partial charge in [0.15, 0.2) is 0 Å². The summed E-state index contributed by atoms with van der Waals surface area (Å²) >= 11 is 4.40. The average molecular weight is 501 g/mol. The zero-order chi connectivity index (χ0) is 24.5. The van der Waals surface area contributed by atoms with Crippen LogP contribution in [0, 0.1) is 0 Å². The SMILES string of the molecule is O=C(O)[C@H](Cc1ccc(O)cc1)NC(=O)[C@@H]1C[C@H](S)CN1S(=O)(=O)c1ccc2ccccc2c1. The summed E-state index contributed by atoms with van der Waals surface area (Å²) in [5, 5.41) is 22.8. The first-order valence-electron chi connectivity index (χ1n) is 10.6. The monoisotopic (exact) mass is 500 g/mol. The summed E-state index contributed by atoms with van der Waals surface area (Å²) in [4.78, 5) is 25.0. The number of phenols is 1. The van der Waals surface area contributed by atoms with Crippen molar-refractivity contribution in [3.63, 3.8) is 0 Å². The number of carbonyl (C=O) groups excluding carboxylic acids is 1. The molecule has 1 amide bonds. The number of phenolic OH excluding ortho intramolecular Hbond substituents is 1. The summed E-state index contributed by atoms with van der Waals surface area (Å²) in [6.07, 6.45) is 0.142. The van der Waals surface area contributed by atoms with E-state index in [0.717, 1.165) is 15.1 Å². The van der Waals surface area contributed by atoms with Gasteiger partial charge in [-0.05, 0) is 47.0 Å². The standard InChI is InChI=1S/C24H24N2O6S2/c27-18-8-5-15(6-9-18)11-21(24(29)30)25-23(28)22-13-19(33)14-26(22)34(31,32)20-10-7-16-3-1-2-4-17(16)12-20/h1-10,12,19,21-22,27,33H,11,13-14H2,(H,25,28)(H,29,30)/t19-,21-,22-/m0/s1. The Morgan fingerprint density at radius 1 is 1.06 bits per heavy atom. The Hall–Kier alpha value is -3.08. The number of fused-ring (bicyclic) bond motifs is 1. The topological polar surface area (TPSA) is 124 Å². The van der Waals surface area contributed by atoms with Crippen molar-refractivity contribution in [1.29, 1.82) is 0 Å². The Labute approximate surface area is 202 Å². The predicted molar refractivity (Wildman–Crippen MR) is 130 cm³/mol. The number of rotatable bonds is 7. The van der Waals surface area contributed by atoms with Crippen molar-refractivity contribution in [3.8, 4) is 5.75 Å². The van der Waals surface area contributed by atoms with Gasteiger partial charge in [0, 0.05) is 18.2 Å². The van der Waals surface area contributed by atoms with Crippen LogP contribution < -0.4 is 5.32 Å². The molecule has 8 nitrogen and oxygen atoms in total. The lowest BCUT2D eigenvalue weighted by atomic mass is 10.1. The number of aliphatic carboxylic acids is 1. The smallest absolute Gasteiger partial charge is 0.326 e. The van der Waals surface area contributed by atoms with Gasteiger partial charge in [0.2, 0.25) is 15.9 Å².